The average Bonchev–Trinajstić information content (AvgIpc) is 1.69. The number of amides is 5. The molecule has 12 aromatic rings. The number of anilines is 3. The summed E-state index contributed by atoms with van der Waals surface area (Å²) in [5.74, 6) is -5.49. The van der Waals surface area contributed by atoms with Gasteiger partial charge in [-0.2, -0.15) is 15.3 Å². The summed E-state index contributed by atoms with van der Waals surface area (Å²) in [6.45, 7) is 1.46. The van der Waals surface area contributed by atoms with Gasteiger partial charge in [0.15, 0.2) is 39.9 Å². The largest absolute Gasteiger partial charge is 1.00 e. The number of Topliss-reactive ketones (excluding diaryl/α,β-unsaturated/α-hetero) is 1. The Morgan fingerprint density at radius 3 is 1.10 bits per heavy atom. The number of pyridine rings is 3. The van der Waals surface area contributed by atoms with Crippen molar-refractivity contribution in [1.29, 1.82) is 0 Å². The number of hydrogen-bond acceptors (Lipinski definition) is 24. The molecule has 0 fully saturated rings. The van der Waals surface area contributed by atoms with E-state index < -0.39 is 47.4 Å². The number of rotatable bonds is 17. The summed E-state index contributed by atoms with van der Waals surface area (Å²) < 4.78 is 24.4. The van der Waals surface area contributed by atoms with Crippen LogP contribution in [0.15, 0.2) is 197 Å². The summed E-state index contributed by atoms with van der Waals surface area (Å²) in [5.41, 5.74) is 26.3. The van der Waals surface area contributed by atoms with Crippen molar-refractivity contribution in [2.45, 2.75) is 6.92 Å². The Kier molecular flexibility index (Phi) is 23.3. The molecule has 13 N–H and O–H groups in total. The molecule has 0 radical (unpaired) electrons. The summed E-state index contributed by atoms with van der Waals surface area (Å²) in [4.78, 5) is 128. The van der Waals surface area contributed by atoms with Gasteiger partial charge < -0.3 is 67.2 Å². The first-order valence-corrected chi connectivity index (χ1v) is 27.2. The zero-order valence-corrected chi connectivity index (χ0v) is 50.6. The molecule has 3 aromatic carbocycles. The van der Waals surface area contributed by atoms with Crippen LogP contribution in [0.25, 0.3) is 51.4 Å². The van der Waals surface area contributed by atoms with Gasteiger partial charge in [-0.05, 0) is 116 Å². The van der Waals surface area contributed by atoms with Crippen LogP contribution in [0.1, 0.15) is 101 Å². The first kappa shape index (κ1) is 70.6. The molecule has 35 heteroatoms. The van der Waals surface area contributed by atoms with Crippen LogP contribution in [0.5, 0.6) is 0 Å². The molecular formula is C62H49LiN18O16. The Morgan fingerprint density at radius 1 is 0.454 bits per heavy atom. The minimum absolute atomic E-state index is 0. The smallest absolute Gasteiger partial charge is 0.870 e. The summed E-state index contributed by atoms with van der Waals surface area (Å²) in [6, 6.07) is 29.0. The third-order valence-corrected chi connectivity index (χ3v) is 12.8. The molecule has 34 nitrogen and oxygen atoms in total. The molecule has 0 atom stereocenters. The predicted octanol–water partition coefficient (Wildman–Crippen LogP) is 3.05. The Labute approximate surface area is 556 Å². The number of esters is 1. The van der Waals surface area contributed by atoms with Crippen LogP contribution >= 0.6 is 0 Å². The van der Waals surface area contributed by atoms with E-state index in [2.05, 4.69) is 60.6 Å². The van der Waals surface area contributed by atoms with E-state index in [4.69, 9.17) is 46.4 Å². The van der Waals surface area contributed by atoms with Crippen LogP contribution in [-0.2, 0) is 4.74 Å². The number of nitrogen functional groups attached to an aromatic ring is 1. The van der Waals surface area contributed by atoms with E-state index in [0.29, 0.717) is 44.9 Å². The molecule has 484 valence electrons. The Bertz CT molecular complexity index is 4600. The number of primary amides is 3. The number of carbonyl (C=O) groups excluding carboxylic acids is 7. The third kappa shape index (κ3) is 17.6. The van der Waals surface area contributed by atoms with Crippen molar-refractivity contribution in [3.05, 3.63) is 235 Å². The standard InChI is InChI=1S/C21H16N6O4.C20H14N6O5.C12H12N4O3.C9H6N2O3.Li.H2O/c1-12(28)13-2-4-15(5-3-13)27-10-16(18(26-27)19(22)29)24-20(30)17-11-31-21(25-17)14-6-8-23-9-7-14;21-17(27)16-14(9-26(25-16)13-3-1-12(2-4-13)20(29)30)23-18(28)15-10-31-19(24-15)11-5-7-22-8-6-11;1-19-12(18)7-2-4-8(5-3-7)16-6-9(13)10(15-16)11(14)17;12-9(13)7-5-14-8(11-7)6-1-3-10-4-2-6;;/h2-11H,1H3,(H2,22,29)(H,24,30);1-10H,(H2,21,27)(H,23,28)(H,29,30);2-6H,13H2,1H3,(H2,14,17);1-5H,(H,12,13);;1H2/q;;;;+1;/p-1. The number of nitrogens with two attached hydrogens (primary N) is 4. The fourth-order valence-electron chi connectivity index (χ4n) is 8.13. The minimum Gasteiger partial charge on any atom is -0.870 e. The number of benzene rings is 3. The van der Waals surface area contributed by atoms with E-state index in [9.17, 15) is 43.2 Å². The SMILES string of the molecule is CC(=O)c1ccc(-n2cc(NC(=O)c3coc(-c4ccncc4)n3)c(C(N)=O)n2)cc1.COC(=O)c1ccc(-n2cc(N)c(C(N)=O)n2)cc1.NC(=O)c1nn(-c2ccc(C(=O)O)cc2)cc1NC(=O)c1coc(-c2ccncc2)n1.O=C(O)c1coc(-c2ccncc2)n1.[Li+].[OH-]. The number of carboxylic acids is 2. The van der Waals surface area contributed by atoms with Gasteiger partial charge in [0, 0.05) is 59.4 Å². The molecule has 0 saturated heterocycles. The van der Waals surface area contributed by atoms with Gasteiger partial charge in [-0.3, -0.25) is 43.7 Å². The first-order valence-electron chi connectivity index (χ1n) is 27.2. The zero-order valence-electron chi connectivity index (χ0n) is 50.6. The summed E-state index contributed by atoms with van der Waals surface area (Å²) >= 11 is 0. The molecule has 0 aliphatic rings. The number of methoxy groups -OCH3 is 1. The maximum absolute atomic E-state index is 12.6. The molecule has 9 aromatic heterocycles. The van der Waals surface area contributed by atoms with Crippen LogP contribution in [0, 0.1) is 0 Å². The summed E-state index contributed by atoms with van der Waals surface area (Å²) in [7, 11) is 1.31. The van der Waals surface area contributed by atoms with Gasteiger partial charge in [0.05, 0.1) is 71.0 Å². The minimum atomic E-state index is -1.10. The normalized spacial score (nSPS) is 10.2. The van der Waals surface area contributed by atoms with E-state index in [1.807, 2.05) is 0 Å². The molecule has 0 aliphatic carbocycles. The van der Waals surface area contributed by atoms with Crippen molar-refractivity contribution in [2.24, 2.45) is 17.2 Å². The number of carbonyl (C=O) groups is 9. The molecule has 0 unspecified atom stereocenters. The van der Waals surface area contributed by atoms with Gasteiger partial charge in [0.1, 0.15) is 18.8 Å². The summed E-state index contributed by atoms with van der Waals surface area (Å²) in [6.07, 6.45) is 17.3. The number of oxazole rings is 3. The van der Waals surface area contributed by atoms with Gasteiger partial charge in [-0.15, -0.1) is 0 Å². The predicted molar refractivity (Wildman–Crippen MR) is 333 cm³/mol. The maximum Gasteiger partial charge on any atom is 1.00 e. The molecule has 0 aliphatic heterocycles. The van der Waals surface area contributed by atoms with Gasteiger partial charge in [-0.25, -0.2) is 43.4 Å². The number of hydrogen-bond donors (Lipinski definition) is 8. The first-order chi connectivity index (χ1) is 45.6. The number of nitrogens with zero attached hydrogens (tertiary/aromatic N) is 12. The Hall–Kier alpha value is -13.8. The van der Waals surface area contributed by atoms with E-state index in [-0.39, 0.29) is 105 Å². The van der Waals surface area contributed by atoms with Crippen LogP contribution in [-0.4, -0.2) is 135 Å². The van der Waals surface area contributed by atoms with Gasteiger partial charge >= 0.3 is 36.8 Å². The topological polar surface area (TPSA) is 532 Å². The fraction of sp³-hybridized carbons (Fsp3) is 0.0323. The third-order valence-electron chi connectivity index (χ3n) is 12.8. The van der Waals surface area contributed by atoms with Crippen molar-refractivity contribution in [1.82, 2.24) is 59.2 Å². The van der Waals surface area contributed by atoms with Crippen molar-refractivity contribution in [3.8, 4) is 51.4 Å². The van der Waals surface area contributed by atoms with Gasteiger partial charge in [0.2, 0.25) is 17.7 Å². The number of aromatic nitrogens is 12. The number of ketones is 1. The van der Waals surface area contributed by atoms with Crippen LogP contribution < -0.4 is 52.4 Å². The molecule has 5 amide bonds. The molecule has 0 spiro atoms. The van der Waals surface area contributed by atoms with Crippen LogP contribution in [0.2, 0.25) is 0 Å². The second kappa shape index (κ2) is 31.9. The van der Waals surface area contributed by atoms with Crippen molar-refractivity contribution < 1.29 is 95.7 Å². The van der Waals surface area contributed by atoms with Crippen molar-refractivity contribution in [2.75, 3.05) is 23.5 Å². The van der Waals surface area contributed by atoms with Gasteiger partial charge in [-0.1, -0.05) is 0 Å². The monoisotopic (exact) mass is 1310 g/mol. The Morgan fingerprint density at radius 2 is 0.784 bits per heavy atom. The molecule has 97 heavy (non-hydrogen) atoms. The number of ether oxygens (including phenoxy) is 1. The Balaban J connectivity index is 0.000000189. The number of aromatic carboxylic acids is 2. The maximum atomic E-state index is 12.6. The number of carboxylic acid groups (broad SMARTS) is 2. The zero-order chi connectivity index (χ0) is 67.9. The molecule has 9 heterocycles. The fourth-order valence-corrected chi connectivity index (χ4v) is 8.13. The molecule has 12 rings (SSSR count). The molecule has 0 saturated carbocycles. The molecular weight excluding hydrogens is 1260 g/mol. The van der Waals surface area contributed by atoms with Crippen molar-refractivity contribution >= 4 is 70.3 Å². The van der Waals surface area contributed by atoms with Crippen LogP contribution in [0.3, 0.4) is 0 Å². The van der Waals surface area contributed by atoms with Crippen LogP contribution in [0.4, 0.5) is 17.1 Å². The van der Waals surface area contributed by atoms with Crippen molar-refractivity contribution in [3.63, 3.8) is 0 Å². The van der Waals surface area contributed by atoms with E-state index >= 15 is 0 Å². The molecule has 0 bridgehead atoms. The quantitative estimate of drug-likeness (QED) is 0.0369. The van der Waals surface area contributed by atoms with Gasteiger partial charge in [0.25, 0.3) is 29.5 Å². The van der Waals surface area contributed by atoms with E-state index in [1.165, 1.54) is 83.5 Å². The summed E-state index contributed by atoms with van der Waals surface area (Å²) in [5, 5.41) is 34.9. The average molecular weight is 1310 g/mol. The van der Waals surface area contributed by atoms with E-state index in [1.54, 1.807) is 122 Å². The number of nitrogens with one attached hydrogen (secondary N) is 2. The second-order valence-corrected chi connectivity index (χ2v) is 19.2. The second-order valence-electron chi connectivity index (χ2n) is 19.2. The van der Waals surface area contributed by atoms with E-state index in [0.717, 1.165) is 6.26 Å².